The van der Waals surface area contributed by atoms with Crippen LogP contribution in [0.1, 0.15) is 40.5 Å². The van der Waals surface area contributed by atoms with Crippen LogP contribution in [-0.4, -0.2) is 74.2 Å². The van der Waals surface area contributed by atoms with Gasteiger partial charge in [-0.2, -0.15) is 0 Å². The fourth-order valence-electron chi connectivity index (χ4n) is 4.75. The van der Waals surface area contributed by atoms with E-state index in [2.05, 4.69) is 42.9 Å². The number of ether oxygens (including phenoxy) is 1. The number of amides is 1. The molecule has 1 saturated carbocycles. The third-order valence-electron chi connectivity index (χ3n) is 6.52. The second-order valence-corrected chi connectivity index (χ2v) is 7.46. The van der Waals surface area contributed by atoms with E-state index in [1.807, 2.05) is 6.92 Å². The van der Waals surface area contributed by atoms with Crippen molar-refractivity contribution in [2.75, 3.05) is 40.3 Å². The van der Waals surface area contributed by atoms with Crippen LogP contribution in [0.5, 0.6) is 0 Å². The largest absolute Gasteiger partial charge is 0.380 e. The molecule has 2 fully saturated rings. The van der Waals surface area contributed by atoms with Crippen LogP contribution in [0.2, 0.25) is 0 Å². The highest BCUT2D eigenvalue weighted by atomic mass is 16.5. The molecule has 1 saturated heterocycles. The number of carbonyl (C=O) groups excluding carboxylic acids is 1. The summed E-state index contributed by atoms with van der Waals surface area (Å²) in [6.07, 6.45) is 2.34. The van der Waals surface area contributed by atoms with E-state index in [0.717, 1.165) is 39.0 Å². The molecule has 4 atom stereocenters. The van der Waals surface area contributed by atoms with Crippen molar-refractivity contribution >= 4 is 5.91 Å². The SMILES string of the molecule is CCC1(CC)[C@H](NC(=O)[C@H](C)N2CCN(C)CC2)[C@H](C)[C@@H]1OC. The molecule has 0 aromatic carbocycles. The van der Waals surface area contributed by atoms with Crippen LogP contribution < -0.4 is 5.32 Å². The Kier molecular flexibility index (Phi) is 6.09. The van der Waals surface area contributed by atoms with Crippen molar-refractivity contribution in [3.8, 4) is 0 Å². The van der Waals surface area contributed by atoms with Crippen LogP contribution in [-0.2, 0) is 9.53 Å². The number of rotatable bonds is 6. The Morgan fingerprint density at radius 3 is 2.30 bits per heavy atom. The van der Waals surface area contributed by atoms with Gasteiger partial charge in [0.15, 0.2) is 0 Å². The minimum absolute atomic E-state index is 0.0519. The predicted octanol–water partition coefficient (Wildman–Crippen LogP) is 1.58. The monoisotopic (exact) mass is 325 g/mol. The first-order valence-corrected chi connectivity index (χ1v) is 9.17. The Morgan fingerprint density at radius 2 is 1.83 bits per heavy atom. The smallest absolute Gasteiger partial charge is 0.237 e. The van der Waals surface area contributed by atoms with E-state index < -0.39 is 0 Å². The van der Waals surface area contributed by atoms with Crippen LogP contribution in [0.4, 0.5) is 0 Å². The summed E-state index contributed by atoms with van der Waals surface area (Å²) in [6.45, 7) is 12.7. The molecule has 2 rings (SSSR count). The summed E-state index contributed by atoms with van der Waals surface area (Å²) in [7, 11) is 3.94. The first kappa shape index (κ1) is 18.7. The van der Waals surface area contributed by atoms with Crippen LogP contribution in [0.15, 0.2) is 0 Å². The zero-order chi connectivity index (χ0) is 17.2. The molecule has 1 aliphatic carbocycles. The van der Waals surface area contributed by atoms with Crippen LogP contribution in [0, 0.1) is 11.3 Å². The third kappa shape index (κ3) is 3.28. The van der Waals surface area contributed by atoms with E-state index in [0.29, 0.717) is 5.92 Å². The van der Waals surface area contributed by atoms with Gasteiger partial charge in [-0.1, -0.05) is 20.8 Å². The normalized spacial score (nSPS) is 33.0. The molecule has 0 unspecified atom stereocenters. The zero-order valence-electron chi connectivity index (χ0n) is 15.8. The first-order chi connectivity index (χ1) is 10.9. The lowest BCUT2D eigenvalue weighted by Crippen LogP contribution is -2.71. The molecule has 134 valence electrons. The van der Waals surface area contributed by atoms with Crippen molar-refractivity contribution in [1.29, 1.82) is 0 Å². The number of likely N-dealkylation sites (N-methyl/N-ethyl adjacent to an activating group) is 1. The maximum atomic E-state index is 12.8. The molecule has 0 spiro atoms. The zero-order valence-corrected chi connectivity index (χ0v) is 15.8. The summed E-state index contributed by atoms with van der Waals surface area (Å²) >= 11 is 0. The standard InChI is InChI=1S/C18H35N3O2/c1-7-18(8-2)15(13(3)16(18)23-6)19-17(22)14(4)21-11-9-20(5)10-12-21/h13-16H,7-12H2,1-6H3,(H,19,22)/t13-,14-,15+,16-/m0/s1. The van der Waals surface area contributed by atoms with Gasteiger partial charge in [0.25, 0.3) is 0 Å². The van der Waals surface area contributed by atoms with Gasteiger partial charge in [0.05, 0.1) is 12.1 Å². The van der Waals surface area contributed by atoms with Crippen molar-refractivity contribution in [2.45, 2.75) is 58.7 Å². The van der Waals surface area contributed by atoms with Gasteiger partial charge in [0, 0.05) is 50.7 Å². The molecule has 1 aliphatic heterocycles. The van der Waals surface area contributed by atoms with Crippen LogP contribution >= 0.6 is 0 Å². The number of piperazine rings is 1. The minimum atomic E-state index is -0.0519. The lowest BCUT2D eigenvalue weighted by molar-refractivity contribution is -0.173. The molecular formula is C18H35N3O2. The molecule has 0 bridgehead atoms. The summed E-state index contributed by atoms with van der Waals surface area (Å²) in [6, 6.07) is 0.175. The van der Waals surface area contributed by atoms with E-state index in [1.54, 1.807) is 7.11 Å². The highest BCUT2D eigenvalue weighted by Crippen LogP contribution is 2.52. The number of methoxy groups -OCH3 is 1. The van der Waals surface area contributed by atoms with Crippen molar-refractivity contribution in [3.63, 3.8) is 0 Å². The van der Waals surface area contributed by atoms with Gasteiger partial charge in [0.2, 0.25) is 5.91 Å². The van der Waals surface area contributed by atoms with Gasteiger partial charge in [-0.15, -0.1) is 0 Å². The van der Waals surface area contributed by atoms with Gasteiger partial charge in [0.1, 0.15) is 0 Å². The Hall–Kier alpha value is -0.650. The second-order valence-electron chi connectivity index (χ2n) is 7.46. The summed E-state index contributed by atoms with van der Waals surface area (Å²) in [5, 5.41) is 3.36. The van der Waals surface area contributed by atoms with E-state index >= 15 is 0 Å². The molecule has 2 aliphatic rings. The lowest BCUT2D eigenvalue weighted by Gasteiger charge is -2.60. The fraction of sp³-hybridized carbons (Fsp3) is 0.944. The van der Waals surface area contributed by atoms with Crippen LogP contribution in [0.25, 0.3) is 0 Å². The Morgan fingerprint density at radius 1 is 1.26 bits per heavy atom. The molecule has 0 aromatic rings. The highest BCUT2D eigenvalue weighted by Gasteiger charge is 2.59. The third-order valence-corrected chi connectivity index (χ3v) is 6.52. The van der Waals surface area contributed by atoms with E-state index in [4.69, 9.17) is 4.74 Å². The second kappa shape index (κ2) is 7.49. The molecule has 0 radical (unpaired) electrons. The average molecular weight is 325 g/mol. The van der Waals surface area contributed by atoms with Gasteiger partial charge in [-0.3, -0.25) is 9.69 Å². The topological polar surface area (TPSA) is 44.8 Å². The Bertz CT molecular complexity index is 403. The highest BCUT2D eigenvalue weighted by molar-refractivity contribution is 5.82. The van der Waals surface area contributed by atoms with Gasteiger partial charge in [-0.05, 0) is 26.8 Å². The van der Waals surface area contributed by atoms with E-state index in [1.165, 1.54) is 0 Å². The fourth-order valence-corrected chi connectivity index (χ4v) is 4.75. The number of nitrogens with zero attached hydrogens (tertiary/aromatic N) is 2. The van der Waals surface area contributed by atoms with Crippen LogP contribution in [0.3, 0.4) is 0 Å². The maximum absolute atomic E-state index is 12.8. The summed E-state index contributed by atoms with van der Waals surface area (Å²) in [5.41, 5.74) is 0.0890. The summed E-state index contributed by atoms with van der Waals surface area (Å²) in [4.78, 5) is 17.4. The van der Waals surface area contributed by atoms with E-state index in [-0.39, 0.29) is 29.5 Å². The lowest BCUT2D eigenvalue weighted by atomic mass is 9.53. The molecule has 5 nitrogen and oxygen atoms in total. The molecule has 5 heteroatoms. The molecule has 23 heavy (non-hydrogen) atoms. The average Bonchev–Trinajstić information content (AvgIpc) is 2.56. The van der Waals surface area contributed by atoms with Gasteiger partial charge >= 0.3 is 0 Å². The Balaban J connectivity index is 1.98. The quantitative estimate of drug-likeness (QED) is 0.805. The number of hydrogen-bond donors (Lipinski definition) is 1. The number of carbonyl (C=O) groups is 1. The van der Waals surface area contributed by atoms with Crippen molar-refractivity contribution < 1.29 is 9.53 Å². The molecule has 1 N–H and O–H groups in total. The Labute approximate surface area is 141 Å². The number of nitrogens with one attached hydrogen (secondary N) is 1. The minimum Gasteiger partial charge on any atom is -0.380 e. The summed E-state index contributed by atoms with van der Waals surface area (Å²) in [5.74, 6) is 0.552. The molecule has 0 aromatic heterocycles. The maximum Gasteiger partial charge on any atom is 0.237 e. The molecule has 1 heterocycles. The summed E-state index contributed by atoms with van der Waals surface area (Å²) < 4.78 is 5.73. The predicted molar refractivity (Wildman–Crippen MR) is 93.4 cm³/mol. The van der Waals surface area contributed by atoms with Crippen molar-refractivity contribution in [3.05, 3.63) is 0 Å². The first-order valence-electron chi connectivity index (χ1n) is 9.17. The van der Waals surface area contributed by atoms with Gasteiger partial charge < -0.3 is 15.0 Å². The molecule has 1 amide bonds. The van der Waals surface area contributed by atoms with Crippen molar-refractivity contribution in [2.24, 2.45) is 11.3 Å². The molecular weight excluding hydrogens is 290 g/mol. The van der Waals surface area contributed by atoms with Crippen molar-refractivity contribution in [1.82, 2.24) is 15.1 Å². The number of hydrogen-bond acceptors (Lipinski definition) is 4. The van der Waals surface area contributed by atoms with Gasteiger partial charge in [-0.25, -0.2) is 0 Å². The van der Waals surface area contributed by atoms with E-state index in [9.17, 15) is 4.79 Å².